The molecule has 1 atom stereocenters. The molecule has 2 rings (SSSR count). The normalized spacial score (nSPS) is 11.8. The number of nitrogens with zero attached hydrogens (tertiary/aromatic N) is 1. The fourth-order valence-electron chi connectivity index (χ4n) is 3.45. The Bertz CT molecular complexity index is 892. The lowest BCUT2D eigenvalue weighted by atomic mass is 10.1. The molecule has 0 aromatic heterocycles. The summed E-state index contributed by atoms with van der Waals surface area (Å²) in [7, 11) is 0. The van der Waals surface area contributed by atoms with Gasteiger partial charge >= 0.3 is 0 Å². The Kier molecular flexibility index (Phi) is 9.10. The summed E-state index contributed by atoms with van der Waals surface area (Å²) in [6.45, 7) is 12.9. The number of ether oxygens (including phenoxy) is 1. The van der Waals surface area contributed by atoms with Crippen molar-refractivity contribution in [3.8, 4) is 5.75 Å². The van der Waals surface area contributed by atoms with E-state index in [0.717, 1.165) is 22.3 Å². The molecular weight excluding hydrogens is 388 g/mol. The van der Waals surface area contributed by atoms with E-state index < -0.39 is 6.04 Å². The van der Waals surface area contributed by atoms with Gasteiger partial charge in [-0.25, -0.2) is 0 Å². The van der Waals surface area contributed by atoms with Gasteiger partial charge in [0.1, 0.15) is 11.8 Å². The van der Waals surface area contributed by atoms with Gasteiger partial charge in [0.2, 0.25) is 5.91 Å². The molecule has 0 aliphatic rings. The molecule has 5 nitrogen and oxygen atoms in total. The van der Waals surface area contributed by atoms with Gasteiger partial charge in [-0.3, -0.25) is 9.59 Å². The molecule has 2 amide bonds. The van der Waals surface area contributed by atoms with Crippen molar-refractivity contribution < 1.29 is 14.3 Å². The maximum Gasteiger partial charge on any atom is 0.261 e. The zero-order chi connectivity index (χ0) is 23.0. The van der Waals surface area contributed by atoms with Gasteiger partial charge in [-0.15, -0.1) is 0 Å². The highest BCUT2D eigenvalue weighted by molar-refractivity contribution is 5.88. The molecular formula is C26H36N2O3. The minimum atomic E-state index is -0.547. The second-order valence-corrected chi connectivity index (χ2v) is 8.56. The van der Waals surface area contributed by atoms with Crippen LogP contribution in [0.3, 0.4) is 0 Å². The molecule has 1 N–H and O–H groups in total. The van der Waals surface area contributed by atoms with Crippen LogP contribution in [0.2, 0.25) is 0 Å². The van der Waals surface area contributed by atoms with Gasteiger partial charge in [0.05, 0.1) is 0 Å². The summed E-state index contributed by atoms with van der Waals surface area (Å²) < 4.78 is 5.87. The van der Waals surface area contributed by atoms with E-state index in [4.69, 9.17) is 4.74 Å². The third-order valence-electron chi connectivity index (χ3n) is 5.41. The number of hydrogen-bond donors (Lipinski definition) is 1. The second-order valence-electron chi connectivity index (χ2n) is 8.56. The first-order valence-corrected chi connectivity index (χ1v) is 11.0. The monoisotopic (exact) mass is 424 g/mol. The molecule has 0 unspecified atom stereocenters. The van der Waals surface area contributed by atoms with E-state index in [2.05, 4.69) is 19.2 Å². The molecule has 0 radical (unpaired) electrons. The molecule has 2 aromatic carbocycles. The molecule has 0 heterocycles. The number of rotatable bonds is 10. The Morgan fingerprint density at radius 3 is 2.42 bits per heavy atom. The van der Waals surface area contributed by atoms with Crippen LogP contribution in [-0.4, -0.2) is 35.9 Å². The molecule has 0 aliphatic carbocycles. The lowest BCUT2D eigenvalue weighted by Gasteiger charge is -2.31. The summed E-state index contributed by atoms with van der Waals surface area (Å²) in [5, 5.41) is 2.98. The molecule has 168 valence electrons. The van der Waals surface area contributed by atoms with Crippen LogP contribution in [0.4, 0.5) is 0 Å². The van der Waals surface area contributed by atoms with Crippen molar-refractivity contribution in [2.45, 2.75) is 60.5 Å². The molecule has 0 fully saturated rings. The number of carbonyl (C=O) groups is 2. The van der Waals surface area contributed by atoms with Crippen molar-refractivity contribution in [3.63, 3.8) is 0 Å². The molecule has 0 bridgehead atoms. The minimum absolute atomic E-state index is 0.107. The molecule has 0 spiro atoms. The van der Waals surface area contributed by atoms with E-state index in [1.165, 1.54) is 0 Å². The van der Waals surface area contributed by atoms with Crippen molar-refractivity contribution in [2.75, 3.05) is 13.2 Å². The second kappa shape index (κ2) is 11.5. The Morgan fingerprint density at radius 1 is 1.06 bits per heavy atom. The Hall–Kier alpha value is -2.82. The highest BCUT2D eigenvalue weighted by Crippen LogP contribution is 2.21. The first-order chi connectivity index (χ1) is 14.7. The zero-order valence-corrected chi connectivity index (χ0v) is 19.7. The van der Waals surface area contributed by atoms with Gasteiger partial charge in [0.25, 0.3) is 5.91 Å². The van der Waals surface area contributed by atoms with Gasteiger partial charge in [0, 0.05) is 13.1 Å². The van der Waals surface area contributed by atoms with Gasteiger partial charge in [0.15, 0.2) is 6.61 Å². The third kappa shape index (κ3) is 7.12. The quantitative estimate of drug-likeness (QED) is 0.608. The predicted molar refractivity (Wildman–Crippen MR) is 125 cm³/mol. The van der Waals surface area contributed by atoms with Crippen LogP contribution < -0.4 is 10.1 Å². The van der Waals surface area contributed by atoms with Gasteiger partial charge in [-0.2, -0.15) is 0 Å². The first kappa shape index (κ1) is 24.4. The first-order valence-electron chi connectivity index (χ1n) is 11.0. The van der Waals surface area contributed by atoms with Crippen molar-refractivity contribution in [1.29, 1.82) is 0 Å². The van der Waals surface area contributed by atoms with Crippen LogP contribution in [0.25, 0.3) is 0 Å². The Balaban J connectivity index is 2.23. The average Bonchev–Trinajstić information content (AvgIpc) is 2.73. The highest BCUT2D eigenvalue weighted by Gasteiger charge is 2.29. The van der Waals surface area contributed by atoms with E-state index in [-0.39, 0.29) is 18.4 Å². The summed E-state index contributed by atoms with van der Waals surface area (Å²) in [4.78, 5) is 27.8. The lowest BCUT2D eigenvalue weighted by Crippen LogP contribution is -2.50. The summed E-state index contributed by atoms with van der Waals surface area (Å²) >= 11 is 0. The largest absolute Gasteiger partial charge is 0.483 e. The fourth-order valence-corrected chi connectivity index (χ4v) is 3.45. The summed E-state index contributed by atoms with van der Waals surface area (Å²) in [6, 6.07) is 13.3. The number of amides is 2. The van der Waals surface area contributed by atoms with E-state index in [0.29, 0.717) is 31.2 Å². The van der Waals surface area contributed by atoms with Gasteiger partial charge in [-0.05, 0) is 55.9 Å². The van der Waals surface area contributed by atoms with Gasteiger partial charge in [-0.1, -0.05) is 62.7 Å². The van der Waals surface area contributed by atoms with E-state index in [1.54, 1.807) is 4.90 Å². The van der Waals surface area contributed by atoms with E-state index in [1.807, 2.05) is 70.2 Å². The van der Waals surface area contributed by atoms with Crippen LogP contribution in [-0.2, 0) is 16.1 Å². The van der Waals surface area contributed by atoms with Crippen LogP contribution in [0.1, 0.15) is 49.4 Å². The maximum atomic E-state index is 13.3. The van der Waals surface area contributed by atoms with Crippen LogP contribution in [0.5, 0.6) is 5.75 Å². The summed E-state index contributed by atoms with van der Waals surface area (Å²) in [5.41, 5.74) is 4.24. The van der Waals surface area contributed by atoms with E-state index >= 15 is 0 Å². The standard InChI is InChI=1S/C26H36N2O3/c1-7-23(26(30)27-15-18(2)3)28(16-22-12-8-10-19(4)14-22)25(29)17-31-24-13-9-11-20(5)21(24)6/h8-14,18,23H,7,15-17H2,1-6H3,(H,27,30)/t23-/m1/s1. The number of nitrogens with one attached hydrogen (secondary N) is 1. The van der Waals surface area contributed by atoms with Crippen molar-refractivity contribution in [2.24, 2.45) is 5.92 Å². The third-order valence-corrected chi connectivity index (χ3v) is 5.41. The number of aryl methyl sites for hydroxylation is 2. The Labute approximate surface area is 186 Å². The number of hydrogen-bond acceptors (Lipinski definition) is 3. The van der Waals surface area contributed by atoms with Crippen LogP contribution >= 0.6 is 0 Å². The average molecular weight is 425 g/mol. The topological polar surface area (TPSA) is 58.6 Å². The molecule has 2 aromatic rings. The zero-order valence-electron chi connectivity index (χ0n) is 19.7. The molecule has 0 saturated heterocycles. The van der Waals surface area contributed by atoms with Crippen molar-refractivity contribution in [1.82, 2.24) is 10.2 Å². The van der Waals surface area contributed by atoms with E-state index in [9.17, 15) is 9.59 Å². The van der Waals surface area contributed by atoms with Crippen LogP contribution in [0, 0.1) is 26.7 Å². The predicted octanol–water partition coefficient (Wildman–Crippen LogP) is 4.57. The fraction of sp³-hybridized carbons (Fsp3) is 0.462. The smallest absolute Gasteiger partial charge is 0.261 e. The van der Waals surface area contributed by atoms with Crippen LogP contribution in [0.15, 0.2) is 42.5 Å². The SMILES string of the molecule is CC[C@H](C(=O)NCC(C)C)N(Cc1cccc(C)c1)C(=O)COc1cccc(C)c1C. The lowest BCUT2D eigenvalue weighted by molar-refractivity contribution is -0.143. The minimum Gasteiger partial charge on any atom is -0.483 e. The Morgan fingerprint density at radius 2 is 1.77 bits per heavy atom. The number of benzene rings is 2. The summed E-state index contributed by atoms with van der Waals surface area (Å²) in [5.74, 6) is 0.717. The molecule has 0 saturated carbocycles. The maximum absolute atomic E-state index is 13.3. The van der Waals surface area contributed by atoms with Crippen molar-refractivity contribution in [3.05, 3.63) is 64.7 Å². The molecule has 5 heteroatoms. The number of carbonyl (C=O) groups excluding carboxylic acids is 2. The highest BCUT2D eigenvalue weighted by atomic mass is 16.5. The molecule has 31 heavy (non-hydrogen) atoms. The summed E-state index contributed by atoms with van der Waals surface area (Å²) in [6.07, 6.45) is 0.533. The van der Waals surface area contributed by atoms with Crippen molar-refractivity contribution >= 4 is 11.8 Å². The van der Waals surface area contributed by atoms with Gasteiger partial charge < -0.3 is 15.0 Å². The molecule has 0 aliphatic heterocycles.